The molecule has 21 heavy (non-hydrogen) atoms. The number of nitrogens with zero attached hydrogens (tertiary/aromatic N) is 2. The molecule has 2 heterocycles. The maximum atomic E-state index is 11.5. The lowest BCUT2D eigenvalue weighted by molar-refractivity contribution is 0.460. The Bertz CT molecular complexity index is 555. The average Bonchev–Trinajstić information content (AvgIpc) is 2.86. The molecule has 1 atom stereocenters. The van der Waals surface area contributed by atoms with E-state index in [-0.39, 0.29) is 6.04 Å². The zero-order valence-corrected chi connectivity index (χ0v) is 13.9. The summed E-state index contributed by atoms with van der Waals surface area (Å²) in [6.07, 6.45) is 5.05. The molecule has 0 aliphatic carbocycles. The second-order valence-electron chi connectivity index (χ2n) is 6.24. The van der Waals surface area contributed by atoms with Gasteiger partial charge in [-0.25, -0.2) is 12.7 Å². The van der Waals surface area contributed by atoms with E-state index in [1.165, 1.54) is 10.6 Å². The molecule has 1 aromatic heterocycles. The van der Waals surface area contributed by atoms with Crippen LogP contribution in [0.5, 0.6) is 0 Å². The number of sulfonamides is 1. The normalized spacial score (nSPS) is 20.3. The lowest BCUT2D eigenvalue weighted by atomic mass is 10.1. The first-order valence-corrected chi connectivity index (χ1v) is 9.31. The van der Waals surface area contributed by atoms with E-state index < -0.39 is 10.0 Å². The molecule has 1 unspecified atom stereocenters. The molecular formula is C15H25N3O2S. The van der Waals surface area contributed by atoms with Crippen molar-refractivity contribution in [1.29, 1.82) is 0 Å². The lowest BCUT2D eigenvalue weighted by Crippen LogP contribution is -2.34. The molecule has 6 heteroatoms. The van der Waals surface area contributed by atoms with Gasteiger partial charge in [0.2, 0.25) is 10.0 Å². The summed E-state index contributed by atoms with van der Waals surface area (Å²) in [6.45, 7) is 6.28. The highest BCUT2D eigenvalue weighted by molar-refractivity contribution is 7.88. The second-order valence-corrected chi connectivity index (χ2v) is 8.23. The minimum absolute atomic E-state index is 0.232. The first kappa shape index (κ1) is 16.4. The van der Waals surface area contributed by atoms with Gasteiger partial charge in [-0.3, -0.25) is 4.98 Å². The summed E-state index contributed by atoms with van der Waals surface area (Å²) in [7, 11) is -3.05. The Morgan fingerprint density at radius 2 is 2.19 bits per heavy atom. The molecule has 1 fully saturated rings. The van der Waals surface area contributed by atoms with Crippen LogP contribution in [0.1, 0.15) is 31.5 Å². The third-order valence-corrected chi connectivity index (χ3v) is 4.99. The Morgan fingerprint density at radius 1 is 1.43 bits per heavy atom. The van der Waals surface area contributed by atoms with Crippen molar-refractivity contribution in [3.8, 4) is 0 Å². The maximum absolute atomic E-state index is 11.5. The van der Waals surface area contributed by atoms with Gasteiger partial charge in [-0.2, -0.15) is 0 Å². The van der Waals surface area contributed by atoms with Crippen LogP contribution >= 0.6 is 0 Å². The van der Waals surface area contributed by atoms with E-state index in [1.807, 2.05) is 6.20 Å². The van der Waals surface area contributed by atoms with Gasteiger partial charge in [0.25, 0.3) is 0 Å². The molecule has 0 aromatic carbocycles. The van der Waals surface area contributed by atoms with E-state index in [0.717, 1.165) is 30.6 Å². The van der Waals surface area contributed by atoms with Crippen molar-refractivity contribution in [3.63, 3.8) is 0 Å². The van der Waals surface area contributed by atoms with Crippen LogP contribution in [0, 0.1) is 5.92 Å². The van der Waals surface area contributed by atoms with E-state index in [1.54, 1.807) is 0 Å². The highest BCUT2D eigenvalue weighted by atomic mass is 32.2. The number of rotatable bonds is 6. The number of aromatic nitrogens is 1. The zero-order chi connectivity index (χ0) is 15.5. The Hall–Kier alpha value is -0.980. The summed E-state index contributed by atoms with van der Waals surface area (Å²) in [6, 6.07) is 4.41. The molecule has 2 rings (SSSR count). The van der Waals surface area contributed by atoms with Crippen molar-refractivity contribution in [2.24, 2.45) is 5.92 Å². The van der Waals surface area contributed by atoms with Crippen molar-refractivity contribution in [1.82, 2.24) is 14.6 Å². The Kier molecular flexibility index (Phi) is 5.35. The molecular weight excluding hydrogens is 286 g/mol. The number of nitrogens with one attached hydrogen (secondary N) is 1. The van der Waals surface area contributed by atoms with Gasteiger partial charge >= 0.3 is 0 Å². The van der Waals surface area contributed by atoms with Crippen LogP contribution in [-0.2, 0) is 23.0 Å². The van der Waals surface area contributed by atoms with Crippen molar-refractivity contribution in [2.45, 2.75) is 39.3 Å². The molecule has 5 nitrogen and oxygen atoms in total. The van der Waals surface area contributed by atoms with E-state index in [0.29, 0.717) is 19.0 Å². The maximum Gasteiger partial charge on any atom is 0.211 e. The highest BCUT2D eigenvalue weighted by Crippen LogP contribution is 2.13. The smallest absolute Gasteiger partial charge is 0.211 e. The summed E-state index contributed by atoms with van der Waals surface area (Å²) < 4.78 is 24.5. The van der Waals surface area contributed by atoms with Crippen LogP contribution in [0.15, 0.2) is 18.3 Å². The number of hydrogen-bond acceptors (Lipinski definition) is 4. The Labute approximate surface area is 127 Å². The van der Waals surface area contributed by atoms with Gasteiger partial charge in [0.15, 0.2) is 0 Å². The number of pyridine rings is 1. The van der Waals surface area contributed by atoms with Gasteiger partial charge < -0.3 is 5.32 Å². The Morgan fingerprint density at radius 3 is 2.71 bits per heavy atom. The molecule has 0 spiro atoms. The molecule has 1 saturated heterocycles. The summed E-state index contributed by atoms with van der Waals surface area (Å²) in [4.78, 5) is 4.47. The standard InChI is InChI=1S/C15H25N3O2S/c1-12(2)8-14-5-4-13(9-16-14)10-17-15-6-7-18(11-15)21(3,19)20/h4-5,9,12,15,17H,6-8,10-11H2,1-3H3. The molecule has 0 bridgehead atoms. The minimum atomic E-state index is -3.05. The fourth-order valence-corrected chi connectivity index (χ4v) is 3.44. The van der Waals surface area contributed by atoms with Gasteiger partial charge in [-0.05, 0) is 30.4 Å². The van der Waals surface area contributed by atoms with Crippen LogP contribution in [0.2, 0.25) is 0 Å². The fraction of sp³-hybridized carbons (Fsp3) is 0.667. The third kappa shape index (κ3) is 5.05. The van der Waals surface area contributed by atoms with Crippen molar-refractivity contribution < 1.29 is 8.42 Å². The average molecular weight is 311 g/mol. The van der Waals surface area contributed by atoms with Crippen LogP contribution in [0.3, 0.4) is 0 Å². The molecule has 118 valence electrons. The zero-order valence-electron chi connectivity index (χ0n) is 13.0. The molecule has 1 aliphatic rings. The Balaban J connectivity index is 1.81. The van der Waals surface area contributed by atoms with Crippen LogP contribution in [-0.4, -0.2) is 43.1 Å². The van der Waals surface area contributed by atoms with Gasteiger partial charge in [-0.15, -0.1) is 0 Å². The summed E-state index contributed by atoms with van der Waals surface area (Å²) >= 11 is 0. The fourth-order valence-electron chi connectivity index (χ4n) is 2.56. The second kappa shape index (κ2) is 6.85. The third-order valence-electron chi connectivity index (χ3n) is 3.72. The lowest BCUT2D eigenvalue weighted by Gasteiger charge is -2.14. The summed E-state index contributed by atoms with van der Waals surface area (Å²) in [5.41, 5.74) is 2.26. The van der Waals surface area contributed by atoms with Crippen molar-refractivity contribution in [2.75, 3.05) is 19.3 Å². The molecule has 0 amide bonds. The van der Waals surface area contributed by atoms with E-state index in [2.05, 4.69) is 36.3 Å². The summed E-state index contributed by atoms with van der Waals surface area (Å²) in [5, 5.41) is 3.41. The largest absolute Gasteiger partial charge is 0.309 e. The van der Waals surface area contributed by atoms with Gasteiger partial charge in [0.1, 0.15) is 0 Å². The van der Waals surface area contributed by atoms with Gasteiger partial charge in [0, 0.05) is 37.6 Å². The van der Waals surface area contributed by atoms with Crippen LogP contribution < -0.4 is 5.32 Å². The first-order valence-electron chi connectivity index (χ1n) is 7.47. The molecule has 0 saturated carbocycles. The minimum Gasteiger partial charge on any atom is -0.309 e. The van der Waals surface area contributed by atoms with E-state index in [9.17, 15) is 8.42 Å². The molecule has 1 aromatic rings. The molecule has 1 aliphatic heterocycles. The predicted molar refractivity (Wildman–Crippen MR) is 84.4 cm³/mol. The van der Waals surface area contributed by atoms with Crippen molar-refractivity contribution in [3.05, 3.63) is 29.6 Å². The SMILES string of the molecule is CC(C)Cc1ccc(CNC2CCN(S(C)(=O)=O)C2)cn1. The predicted octanol–water partition coefficient (Wildman–Crippen LogP) is 1.40. The van der Waals surface area contributed by atoms with E-state index >= 15 is 0 Å². The molecule has 0 radical (unpaired) electrons. The van der Waals surface area contributed by atoms with Crippen LogP contribution in [0.25, 0.3) is 0 Å². The monoisotopic (exact) mass is 311 g/mol. The summed E-state index contributed by atoms with van der Waals surface area (Å²) in [5.74, 6) is 0.613. The number of hydrogen-bond donors (Lipinski definition) is 1. The van der Waals surface area contributed by atoms with Crippen molar-refractivity contribution >= 4 is 10.0 Å². The first-order chi connectivity index (χ1) is 9.84. The van der Waals surface area contributed by atoms with Crippen LogP contribution in [0.4, 0.5) is 0 Å². The topological polar surface area (TPSA) is 62.3 Å². The highest BCUT2D eigenvalue weighted by Gasteiger charge is 2.27. The van der Waals surface area contributed by atoms with Gasteiger partial charge in [0.05, 0.1) is 6.26 Å². The quantitative estimate of drug-likeness (QED) is 0.863. The van der Waals surface area contributed by atoms with Gasteiger partial charge in [-0.1, -0.05) is 19.9 Å². The molecule has 1 N–H and O–H groups in total. The van der Waals surface area contributed by atoms with E-state index in [4.69, 9.17) is 0 Å².